The topological polar surface area (TPSA) is 46.5 Å². The maximum atomic E-state index is 11.0. The molecule has 1 N–H and O–H groups in total. The summed E-state index contributed by atoms with van der Waals surface area (Å²) in [7, 11) is 0. The van der Waals surface area contributed by atoms with Crippen LogP contribution >= 0.6 is 0 Å². The quantitative estimate of drug-likeness (QED) is 0.741. The van der Waals surface area contributed by atoms with Crippen LogP contribution < -0.4 is 0 Å². The molecule has 0 aromatic rings. The Hall–Kier alpha value is -0.570. The molecule has 0 saturated heterocycles. The summed E-state index contributed by atoms with van der Waals surface area (Å²) >= 11 is 0. The molecule has 2 rings (SSSR count). The number of carboxylic acids is 1. The summed E-state index contributed by atoms with van der Waals surface area (Å²) < 4.78 is 5.93. The fraction of sp³-hybridized carbons (Fsp3) is 0.941. The monoisotopic (exact) mass is 282 g/mol. The molecule has 20 heavy (non-hydrogen) atoms. The molecule has 0 spiro atoms. The van der Waals surface area contributed by atoms with Crippen molar-refractivity contribution >= 4 is 5.97 Å². The van der Waals surface area contributed by atoms with E-state index in [2.05, 4.69) is 6.92 Å². The lowest BCUT2D eigenvalue weighted by molar-refractivity contribution is -0.143. The van der Waals surface area contributed by atoms with Crippen molar-refractivity contribution in [2.75, 3.05) is 6.61 Å². The molecule has 0 amide bonds. The van der Waals surface area contributed by atoms with Gasteiger partial charge in [0.2, 0.25) is 0 Å². The number of ether oxygens (including phenoxy) is 1. The summed E-state index contributed by atoms with van der Waals surface area (Å²) in [4.78, 5) is 11.0. The smallest absolute Gasteiger partial charge is 0.306 e. The minimum absolute atomic E-state index is 0.0695. The normalized spacial score (nSPS) is 34.9. The number of unbranched alkanes of at least 4 members (excludes halogenated alkanes) is 1. The van der Waals surface area contributed by atoms with Crippen molar-refractivity contribution in [2.45, 2.75) is 77.2 Å². The second-order valence-electron chi connectivity index (χ2n) is 6.71. The largest absolute Gasteiger partial charge is 0.481 e. The molecule has 0 aromatic heterocycles. The first-order valence-corrected chi connectivity index (χ1v) is 8.55. The SMILES string of the molecule is CCCCOC1CCC(C2CCC(C(=O)O)CC2)CC1. The van der Waals surface area contributed by atoms with Crippen LogP contribution in [0, 0.1) is 17.8 Å². The third kappa shape index (κ3) is 4.47. The summed E-state index contributed by atoms with van der Waals surface area (Å²) in [5.41, 5.74) is 0. The highest BCUT2D eigenvalue weighted by molar-refractivity contribution is 5.69. The molecule has 0 aromatic carbocycles. The summed E-state index contributed by atoms with van der Waals surface area (Å²) in [6.07, 6.45) is 11.9. The lowest BCUT2D eigenvalue weighted by Crippen LogP contribution is -2.30. The first kappa shape index (κ1) is 15.8. The second-order valence-corrected chi connectivity index (χ2v) is 6.71. The van der Waals surface area contributed by atoms with Gasteiger partial charge in [-0.05, 0) is 69.6 Å². The van der Waals surface area contributed by atoms with Crippen molar-refractivity contribution in [3.8, 4) is 0 Å². The van der Waals surface area contributed by atoms with Crippen molar-refractivity contribution in [3.05, 3.63) is 0 Å². The first-order valence-electron chi connectivity index (χ1n) is 8.55. The Morgan fingerprint density at radius 2 is 1.55 bits per heavy atom. The van der Waals surface area contributed by atoms with Gasteiger partial charge in [-0.1, -0.05) is 13.3 Å². The molecule has 2 aliphatic rings. The molecule has 2 saturated carbocycles. The van der Waals surface area contributed by atoms with E-state index in [0.717, 1.165) is 44.1 Å². The molecule has 3 heteroatoms. The van der Waals surface area contributed by atoms with Gasteiger partial charge in [-0.2, -0.15) is 0 Å². The predicted molar refractivity (Wildman–Crippen MR) is 79.7 cm³/mol. The fourth-order valence-electron chi connectivity index (χ4n) is 3.96. The Kier molecular flexibility index (Phi) is 6.34. The van der Waals surface area contributed by atoms with Crippen molar-refractivity contribution in [2.24, 2.45) is 17.8 Å². The van der Waals surface area contributed by atoms with E-state index in [-0.39, 0.29) is 5.92 Å². The van der Waals surface area contributed by atoms with Crippen LogP contribution in [0.4, 0.5) is 0 Å². The standard InChI is InChI=1S/C17H30O3/c1-2-3-12-20-16-10-8-14(9-11-16)13-4-6-15(7-5-13)17(18)19/h13-16H,2-12H2,1H3,(H,18,19). The third-order valence-corrected chi connectivity index (χ3v) is 5.36. The van der Waals surface area contributed by atoms with Crippen LogP contribution in [0.2, 0.25) is 0 Å². The van der Waals surface area contributed by atoms with Gasteiger partial charge in [0, 0.05) is 6.61 Å². The molecule has 2 fully saturated rings. The van der Waals surface area contributed by atoms with Crippen molar-refractivity contribution in [1.29, 1.82) is 0 Å². The molecule has 0 aliphatic heterocycles. The molecular formula is C17H30O3. The van der Waals surface area contributed by atoms with E-state index in [0.29, 0.717) is 6.10 Å². The van der Waals surface area contributed by atoms with Gasteiger partial charge in [0.25, 0.3) is 0 Å². The second kappa shape index (κ2) is 8.02. The molecule has 3 nitrogen and oxygen atoms in total. The number of carbonyl (C=O) groups is 1. The Balaban J connectivity index is 1.65. The highest BCUT2D eigenvalue weighted by Gasteiger charge is 2.32. The number of carboxylic acid groups (broad SMARTS) is 1. The van der Waals surface area contributed by atoms with Gasteiger partial charge in [-0.15, -0.1) is 0 Å². The zero-order valence-electron chi connectivity index (χ0n) is 12.9. The van der Waals surface area contributed by atoms with Crippen LogP contribution in [0.3, 0.4) is 0 Å². The van der Waals surface area contributed by atoms with Crippen LogP contribution in [0.5, 0.6) is 0 Å². The Labute approximate surface area is 123 Å². The molecule has 0 heterocycles. The van der Waals surface area contributed by atoms with Crippen molar-refractivity contribution in [3.63, 3.8) is 0 Å². The van der Waals surface area contributed by atoms with Gasteiger partial charge in [-0.25, -0.2) is 0 Å². The van der Waals surface area contributed by atoms with E-state index in [9.17, 15) is 4.79 Å². The van der Waals surface area contributed by atoms with Crippen LogP contribution in [0.1, 0.15) is 71.1 Å². The van der Waals surface area contributed by atoms with Crippen LogP contribution in [0.25, 0.3) is 0 Å². The van der Waals surface area contributed by atoms with E-state index >= 15 is 0 Å². The number of aliphatic carboxylic acids is 1. The van der Waals surface area contributed by atoms with Gasteiger partial charge in [0.1, 0.15) is 0 Å². The zero-order chi connectivity index (χ0) is 14.4. The molecule has 116 valence electrons. The fourth-order valence-corrected chi connectivity index (χ4v) is 3.96. The van der Waals surface area contributed by atoms with Crippen molar-refractivity contribution < 1.29 is 14.6 Å². The predicted octanol–water partition coefficient (Wildman–Crippen LogP) is 4.25. The molecule has 0 radical (unpaired) electrons. The highest BCUT2D eigenvalue weighted by Crippen LogP contribution is 2.40. The van der Waals surface area contributed by atoms with E-state index < -0.39 is 5.97 Å². The van der Waals surface area contributed by atoms with E-state index in [1.165, 1.54) is 38.5 Å². The lowest BCUT2D eigenvalue weighted by atomic mass is 9.70. The van der Waals surface area contributed by atoms with Gasteiger partial charge >= 0.3 is 5.97 Å². The Morgan fingerprint density at radius 3 is 2.05 bits per heavy atom. The van der Waals surface area contributed by atoms with Gasteiger partial charge in [-0.3, -0.25) is 4.79 Å². The summed E-state index contributed by atoms with van der Waals surface area (Å²) in [6.45, 7) is 3.13. The van der Waals surface area contributed by atoms with E-state index in [1.54, 1.807) is 0 Å². The summed E-state index contributed by atoms with van der Waals surface area (Å²) in [6, 6.07) is 0. The van der Waals surface area contributed by atoms with Crippen LogP contribution in [-0.2, 0) is 9.53 Å². The maximum Gasteiger partial charge on any atom is 0.306 e. The van der Waals surface area contributed by atoms with Gasteiger partial charge in [0.15, 0.2) is 0 Å². The summed E-state index contributed by atoms with van der Waals surface area (Å²) in [5, 5.41) is 9.06. The van der Waals surface area contributed by atoms with Crippen LogP contribution in [0.15, 0.2) is 0 Å². The minimum Gasteiger partial charge on any atom is -0.481 e. The lowest BCUT2D eigenvalue weighted by Gasteiger charge is -2.37. The number of hydrogen-bond acceptors (Lipinski definition) is 2. The van der Waals surface area contributed by atoms with E-state index in [4.69, 9.17) is 9.84 Å². The molecule has 0 bridgehead atoms. The molecule has 2 aliphatic carbocycles. The number of rotatable bonds is 6. The zero-order valence-corrected chi connectivity index (χ0v) is 12.9. The van der Waals surface area contributed by atoms with Crippen molar-refractivity contribution in [1.82, 2.24) is 0 Å². The van der Waals surface area contributed by atoms with Gasteiger partial charge in [0.05, 0.1) is 12.0 Å². The van der Waals surface area contributed by atoms with Crippen LogP contribution in [-0.4, -0.2) is 23.8 Å². The van der Waals surface area contributed by atoms with Gasteiger partial charge < -0.3 is 9.84 Å². The Bertz CT molecular complexity index is 287. The summed E-state index contributed by atoms with van der Waals surface area (Å²) in [5.74, 6) is 0.953. The highest BCUT2D eigenvalue weighted by atomic mass is 16.5. The molecular weight excluding hydrogens is 252 g/mol. The Morgan fingerprint density at radius 1 is 1.00 bits per heavy atom. The number of hydrogen-bond donors (Lipinski definition) is 1. The maximum absolute atomic E-state index is 11.0. The average molecular weight is 282 g/mol. The molecule has 0 atom stereocenters. The first-order chi connectivity index (χ1) is 9.70. The van der Waals surface area contributed by atoms with E-state index in [1.807, 2.05) is 0 Å². The third-order valence-electron chi connectivity index (χ3n) is 5.36. The minimum atomic E-state index is -0.587. The molecule has 0 unspecified atom stereocenters. The average Bonchev–Trinajstić information content (AvgIpc) is 2.48.